The Balaban J connectivity index is 2.08. The molecule has 0 aliphatic carbocycles. The molecule has 0 radical (unpaired) electrons. The maximum absolute atomic E-state index is 13.6. The molecule has 2 aromatic rings. The van der Waals surface area contributed by atoms with Gasteiger partial charge < -0.3 is 9.47 Å². The Morgan fingerprint density at radius 2 is 1.70 bits per heavy atom. The molecule has 0 bridgehead atoms. The molecule has 1 aliphatic heterocycles. The molecule has 3 rings (SSSR count). The first kappa shape index (κ1) is 19.7. The molecule has 1 aliphatic rings. The average molecular weight is 390 g/mol. The lowest BCUT2D eigenvalue weighted by molar-refractivity contribution is 0.325. The Labute approximate surface area is 162 Å². The number of sulfonamides is 1. The molecule has 0 spiro atoms. The van der Waals surface area contributed by atoms with Gasteiger partial charge in [0.25, 0.3) is 0 Å². The smallest absolute Gasteiger partial charge is 0.247 e. The van der Waals surface area contributed by atoms with Crippen LogP contribution in [-0.2, 0) is 10.0 Å². The number of aryl methyl sites for hydroxylation is 1. The van der Waals surface area contributed by atoms with Gasteiger partial charge in [0, 0.05) is 12.6 Å². The Bertz CT molecular complexity index is 878. The van der Waals surface area contributed by atoms with Crippen LogP contribution in [0.3, 0.4) is 0 Å². The van der Waals surface area contributed by atoms with Crippen LogP contribution in [0.4, 0.5) is 0 Å². The normalized spacial score (nSPS) is 18.7. The summed E-state index contributed by atoms with van der Waals surface area (Å²) in [6, 6.07) is 12.9. The van der Waals surface area contributed by atoms with Crippen molar-refractivity contribution in [2.24, 2.45) is 0 Å². The maximum Gasteiger partial charge on any atom is 0.247 e. The van der Waals surface area contributed by atoms with Crippen LogP contribution in [0.25, 0.3) is 0 Å². The number of methoxy groups -OCH3 is 2. The van der Waals surface area contributed by atoms with Crippen molar-refractivity contribution in [1.29, 1.82) is 0 Å². The van der Waals surface area contributed by atoms with E-state index in [1.54, 1.807) is 22.5 Å². The molecule has 1 heterocycles. The first-order chi connectivity index (χ1) is 13.0. The number of rotatable bonds is 5. The fraction of sp³-hybridized carbons (Fsp3) is 0.429. The van der Waals surface area contributed by atoms with E-state index in [1.807, 2.05) is 31.2 Å². The van der Waals surface area contributed by atoms with Gasteiger partial charge in [0.05, 0.1) is 20.3 Å². The molecule has 27 heavy (non-hydrogen) atoms. The van der Waals surface area contributed by atoms with Gasteiger partial charge in [0.1, 0.15) is 16.4 Å². The fourth-order valence-corrected chi connectivity index (χ4v) is 5.46. The van der Waals surface area contributed by atoms with E-state index >= 15 is 0 Å². The molecule has 1 fully saturated rings. The summed E-state index contributed by atoms with van der Waals surface area (Å²) >= 11 is 0. The molecule has 1 atom stereocenters. The highest BCUT2D eigenvalue weighted by Crippen LogP contribution is 2.38. The van der Waals surface area contributed by atoms with Crippen LogP contribution in [0.15, 0.2) is 47.4 Å². The molecular formula is C21H27NO4S. The first-order valence-electron chi connectivity index (χ1n) is 9.28. The number of hydrogen-bond donors (Lipinski definition) is 0. The number of hydrogen-bond acceptors (Lipinski definition) is 4. The topological polar surface area (TPSA) is 55.8 Å². The minimum absolute atomic E-state index is 0.156. The van der Waals surface area contributed by atoms with Gasteiger partial charge in [-0.15, -0.1) is 0 Å². The molecule has 146 valence electrons. The van der Waals surface area contributed by atoms with E-state index in [0.717, 1.165) is 36.8 Å². The maximum atomic E-state index is 13.6. The molecule has 5 nitrogen and oxygen atoms in total. The zero-order valence-corrected chi connectivity index (χ0v) is 17.0. The van der Waals surface area contributed by atoms with Gasteiger partial charge in [-0.05, 0) is 37.5 Å². The van der Waals surface area contributed by atoms with E-state index in [1.165, 1.54) is 14.2 Å². The molecule has 6 heteroatoms. The van der Waals surface area contributed by atoms with Crippen molar-refractivity contribution < 1.29 is 17.9 Å². The summed E-state index contributed by atoms with van der Waals surface area (Å²) in [4.78, 5) is 0.156. The number of nitrogens with zero attached hydrogens (tertiary/aromatic N) is 1. The second-order valence-corrected chi connectivity index (χ2v) is 8.77. The molecule has 0 unspecified atom stereocenters. The molecule has 2 aromatic carbocycles. The predicted octanol–water partition coefficient (Wildman–Crippen LogP) is 4.32. The van der Waals surface area contributed by atoms with Crippen molar-refractivity contribution in [3.8, 4) is 11.5 Å². The minimum Gasteiger partial charge on any atom is -0.497 e. The summed E-state index contributed by atoms with van der Waals surface area (Å²) in [7, 11) is -0.726. The molecule has 0 aromatic heterocycles. The van der Waals surface area contributed by atoms with Crippen LogP contribution in [0, 0.1) is 6.92 Å². The van der Waals surface area contributed by atoms with Crippen molar-refractivity contribution >= 4 is 10.0 Å². The number of benzene rings is 2. The molecular weight excluding hydrogens is 362 g/mol. The lowest BCUT2D eigenvalue weighted by Gasteiger charge is -2.30. The Morgan fingerprint density at radius 3 is 2.37 bits per heavy atom. The van der Waals surface area contributed by atoms with Crippen molar-refractivity contribution in [1.82, 2.24) is 4.31 Å². The van der Waals surface area contributed by atoms with E-state index in [4.69, 9.17) is 9.47 Å². The predicted molar refractivity (Wildman–Crippen MR) is 106 cm³/mol. The van der Waals surface area contributed by atoms with E-state index in [0.29, 0.717) is 18.0 Å². The van der Waals surface area contributed by atoms with Crippen molar-refractivity contribution in [2.45, 2.75) is 43.5 Å². The Kier molecular flexibility index (Phi) is 6.07. The third-order valence-electron chi connectivity index (χ3n) is 5.12. The standard InChI is InChI=1S/C21H27NO4S/c1-16-8-10-17(11-9-16)19-7-5-4-6-14-22(19)27(23,24)21-15-18(25-2)12-13-20(21)26-3/h8-13,15,19H,4-7,14H2,1-3H3/t19-/m0/s1. The molecule has 0 saturated carbocycles. The summed E-state index contributed by atoms with van der Waals surface area (Å²) in [5.74, 6) is 0.832. The Hall–Kier alpha value is -2.05. The van der Waals surface area contributed by atoms with Crippen LogP contribution in [0.2, 0.25) is 0 Å². The van der Waals surface area contributed by atoms with E-state index in [9.17, 15) is 8.42 Å². The van der Waals surface area contributed by atoms with Gasteiger partial charge in [-0.25, -0.2) is 8.42 Å². The van der Waals surface area contributed by atoms with E-state index < -0.39 is 10.0 Å². The van der Waals surface area contributed by atoms with Crippen molar-refractivity contribution in [2.75, 3.05) is 20.8 Å². The van der Waals surface area contributed by atoms with Gasteiger partial charge in [0.15, 0.2) is 0 Å². The SMILES string of the molecule is COc1ccc(OC)c(S(=O)(=O)N2CCCCC[C@H]2c2ccc(C)cc2)c1. The highest BCUT2D eigenvalue weighted by Gasteiger charge is 2.35. The monoisotopic (exact) mass is 389 g/mol. The summed E-state index contributed by atoms with van der Waals surface area (Å²) in [6.45, 7) is 2.54. The zero-order valence-electron chi connectivity index (χ0n) is 16.1. The summed E-state index contributed by atoms with van der Waals surface area (Å²) in [5, 5.41) is 0. The van der Waals surface area contributed by atoms with Gasteiger partial charge >= 0.3 is 0 Å². The minimum atomic E-state index is -3.74. The third-order valence-corrected chi connectivity index (χ3v) is 7.05. The van der Waals surface area contributed by atoms with E-state index in [-0.39, 0.29) is 10.9 Å². The van der Waals surface area contributed by atoms with Crippen LogP contribution in [-0.4, -0.2) is 33.5 Å². The summed E-state index contributed by atoms with van der Waals surface area (Å²) in [5.41, 5.74) is 2.20. The van der Waals surface area contributed by atoms with E-state index in [2.05, 4.69) is 0 Å². The fourth-order valence-electron chi connectivity index (χ4n) is 3.60. The number of ether oxygens (including phenoxy) is 2. The van der Waals surface area contributed by atoms with Gasteiger partial charge in [-0.2, -0.15) is 4.31 Å². The molecule has 1 saturated heterocycles. The van der Waals surface area contributed by atoms with Crippen molar-refractivity contribution in [3.05, 3.63) is 53.6 Å². The molecule has 0 N–H and O–H groups in total. The summed E-state index contributed by atoms with van der Waals surface area (Å²) < 4.78 is 39.5. The second kappa shape index (κ2) is 8.31. The largest absolute Gasteiger partial charge is 0.497 e. The highest BCUT2D eigenvalue weighted by molar-refractivity contribution is 7.89. The summed E-state index contributed by atoms with van der Waals surface area (Å²) in [6.07, 6.45) is 3.71. The van der Waals surface area contributed by atoms with Crippen LogP contribution >= 0.6 is 0 Å². The van der Waals surface area contributed by atoms with Gasteiger partial charge in [-0.3, -0.25) is 0 Å². The highest BCUT2D eigenvalue weighted by atomic mass is 32.2. The lowest BCUT2D eigenvalue weighted by Crippen LogP contribution is -2.35. The zero-order chi connectivity index (χ0) is 19.4. The van der Waals surface area contributed by atoms with Gasteiger partial charge in [-0.1, -0.05) is 42.7 Å². The molecule has 0 amide bonds. The van der Waals surface area contributed by atoms with Crippen LogP contribution in [0.1, 0.15) is 42.9 Å². The Morgan fingerprint density at radius 1 is 0.963 bits per heavy atom. The lowest BCUT2D eigenvalue weighted by atomic mass is 10.0. The second-order valence-electron chi connectivity index (χ2n) is 6.91. The first-order valence-corrected chi connectivity index (χ1v) is 10.7. The van der Waals surface area contributed by atoms with Crippen LogP contribution in [0.5, 0.6) is 11.5 Å². The van der Waals surface area contributed by atoms with Crippen molar-refractivity contribution in [3.63, 3.8) is 0 Å². The average Bonchev–Trinajstić information content (AvgIpc) is 2.94. The quantitative estimate of drug-likeness (QED) is 0.764. The third kappa shape index (κ3) is 4.12. The van der Waals surface area contributed by atoms with Gasteiger partial charge in [0.2, 0.25) is 10.0 Å². The van der Waals surface area contributed by atoms with Crippen LogP contribution < -0.4 is 9.47 Å².